The van der Waals surface area contributed by atoms with Gasteiger partial charge < -0.3 is 10.2 Å². The molecule has 2 bridgehead atoms. The average molecular weight is 250 g/mol. The van der Waals surface area contributed by atoms with Gasteiger partial charge in [-0.15, -0.1) is 0 Å². The zero-order valence-corrected chi connectivity index (χ0v) is 12.0. The molecule has 0 aromatic rings. The van der Waals surface area contributed by atoms with E-state index in [1.54, 1.807) is 0 Å². The number of hydrogen-bond donors (Lipinski definition) is 1. The second kappa shape index (κ2) is 5.92. The van der Waals surface area contributed by atoms with Crippen LogP contribution in [0.2, 0.25) is 0 Å². The summed E-state index contributed by atoms with van der Waals surface area (Å²) < 4.78 is 0. The third-order valence-corrected chi connectivity index (χ3v) is 5.79. The number of nitrogens with one attached hydrogen (secondary N) is 1. The Hall–Kier alpha value is -0.0800. The smallest absolute Gasteiger partial charge is 0.00988 e. The average Bonchev–Trinajstić information content (AvgIpc) is 2.64. The zero-order chi connectivity index (χ0) is 12.4. The first-order valence-electron chi connectivity index (χ1n) is 8.25. The van der Waals surface area contributed by atoms with E-state index in [1.165, 1.54) is 70.9 Å². The minimum Gasteiger partial charge on any atom is -0.316 e. The normalized spacial score (nSPS) is 38.2. The van der Waals surface area contributed by atoms with E-state index in [2.05, 4.69) is 17.3 Å². The van der Waals surface area contributed by atoms with E-state index in [0.717, 1.165) is 23.9 Å². The molecule has 2 aliphatic heterocycles. The Bertz CT molecular complexity index is 246. The van der Waals surface area contributed by atoms with Crippen LogP contribution in [0.5, 0.6) is 0 Å². The molecule has 0 aromatic heterocycles. The van der Waals surface area contributed by atoms with Crippen molar-refractivity contribution >= 4 is 0 Å². The molecule has 1 saturated carbocycles. The third kappa shape index (κ3) is 2.91. The largest absolute Gasteiger partial charge is 0.316 e. The minimum atomic E-state index is 0.908. The summed E-state index contributed by atoms with van der Waals surface area (Å²) in [5.74, 6) is 1.95. The first-order valence-corrected chi connectivity index (χ1v) is 8.25. The first kappa shape index (κ1) is 12.9. The molecule has 0 spiro atoms. The van der Waals surface area contributed by atoms with Crippen molar-refractivity contribution in [2.45, 2.75) is 69.9 Å². The second-order valence-electron chi connectivity index (χ2n) is 7.05. The predicted molar refractivity (Wildman–Crippen MR) is 76.7 cm³/mol. The number of hydrogen-bond acceptors (Lipinski definition) is 2. The Morgan fingerprint density at radius 3 is 2.11 bits per heavy atom. The van der Waals surface area contributed by atoms with E-state index in [-0.39, 0.29) is 0 Å². The third-order valence-electron chi connectivity index (χ3n) is 5.79. The van der Waals surface area contributed by atoms with E-state index < -0.39 is 0 Å². The van der Waals surface area contributed by atoms with Gasteiger partial charge in [-0.3, -0.25) is 0 Å². The van der Waals surface area contributed by atoms with Crippen molar-refractivity contribution in [3.8, 4) is 0 Å². The molecular weight excluding hydrogens is 220 g/mol. The topological polar surface area (TPSA) is 15.3 Å². The van der Waals surface area contributed by atoms with Crippen LogP contribution in [0.1, 0.15) is 57.8 Å². The molecule has 1 N–H and O–H groups in total. The summed E-state index contributed by atoms with van der Waals surface area (Å²) in [5, 5.41) is 3.79. The molecule has 104 valence electrons. The molecule has 2 unspecified atom stereocenters. The lowest BCUT2D eigenvalue weighted by Crippen LogP contribution is -2.43. The van der Waals surface area contributed by atoms with Crippen molar-refractivity contribution in [2.24, 2.45) is 11.8 Å². The quantitative estimate of drug-likeness (QED) is 0.825. The lowest BCUT2D eigenvalue weighted by atomic mass is 9.88. The van der Waals surface area contributed by atoms with Crippen molar-refractivity contribution in [2.75, 3.05) is 20.1 Å². The van der Waals surface area contributed by atoms with Gasteiger partial charge in [0.1, 0.15) is 0 Å². The highest BCUT2D eigenvalue weighted by atomic mass is 15.2. The van der Waals surface area contributed by atoms with Crippen molar-refractivity contribution in [3.05, 3.63) is 0 Å². The van der Waals surface area contributed by atoms with Gasteiger partial charge in [-0.2, -0.15) is 0 Å². The SMILES string of the molecule is CN1C2CCC1CC(CNCC1CCCCC1)C2. The van der Waals surface area contributed by atoms with Crippen LogP contribution in [-0.4, -0.2) is 37.1 Å². The zero-order valence-electron chi connectivity index (χ0n) is 12.0. The van der Waals surface area contributed by atoms with Gasteiger partial charge in [0.15, 0.2) is 0 Å². The molecule has 2 nitrogen and oxygen atoms in total. The molecule has 2 saturated heterocycles. The standard InChI is InChI=1S/C16H30N2/c1-18-15-7-8-16(18)10-14(9-15)12-17-11-13-5-3-2-4-6-13/h13-17H,2-12H2,1H3. The van der Waals surface area contributed by atoms with Crippen LogP contribution >= 0.6 is 0 Å². The Morgan fingerprint density at radius 2 is 1.44 bits per heavy atom. The van der Waals surface area contributed by atoms with Crippen LogP contribution in [-0.2, 0) is 0 Å². The van der Waals surface area contributed by atoms with Gasteiger partial charge in [-0.05, 0) is 70.5 Å². The molecule has 0 radical (unpaired) electrons. The Labute approximate surface area is 113 Å². The number of piperidine rings is 1. The molecule has 0 amide bonds. The van der Waals surface area contributed by atoms with E-state index in [0.29, 0.717) is 0 Å². The summed E-state index contributed by atoms with van der Waals surface area (Å²) >= 11 is 0. The molecule has 2 atom stereocenters. The fourth-order valence-corrected chi connectivity index (χ4v) is 4.57. The molecular formula is C16H30N2. The van der Waals surface area contributed by atoms with E-state index in [9.17, 15) is 0 Å². The van der Waals surface area contributed by atoms with Crippen LogP contribution in [0.25, 0.3) is 0 Å². The Kier molecular flexibility index (Phi) is 4.25. The fourth-order valence-electron chi connectivity index (χ4n) is 4.57. The highest BCUT2D eigenvalue weighted by molar-refractivity contribution is 4.93. The highest BCUT2D eigenvalue weighted by Gasteiger charge is 2.37. The lowest BCUT2D eigenvalue weighted by molar-refractivity contribution is 0.132. The van der Waals surface area contributed by atoms with Crippen LogP contribution in [0.15, 0.2) is 0 Å². The maximum absolute atomic E-state index is 3.79. The number of fused-ring (bicyclic) bond motifs is 2. The molecule has 18 heavy (non-hydrogen) atoms. The van der Waals surface area contributed by atoms with Crippen LogP contribution < -0.4 is 5.32 Å². The lowest BCUT2D eigenvalue weighted by Gasteiger charge is -2.36. The molecule has 2 heteroatoms. The summed E-state index contributed by atoms with van der Waals surface area (Å²) in [4.78, 5) is 2.65. The highest BCUT2D eigenvalue weighted by Crippen LogP contribution is 2.37. The second-order valence-corrected chi connectivity index (χ2v) is 7.05. The van der Waals surface area contributed by atoms with Gasteiger partial charge in [0.25, 0.3) is 0 Å². The monoisotopic (exact) mass is 250 g/mol. The van der Waals surface area contributed by atoms with E-state index in [4.69, 9.17) is 0 Å². The summed E-state index contributed by atoms with van der Waals surface area (Å²) in [7, 11) is 2.34. The van der Waals surface area contributed by atoms with Crippen LogP contribution in [0.4, 0.5) is 0 Å². The molecule has 0 aromatic carbocycles. The predicted octanol–water partition coefficient (Wildman–Crippen LogP) is 3.03. The van der Waals surface area contributed by atoms with Crippen molar-refractivity contribution in [1.82, 2.24) is 10.2 Å². The molecule has 3 aliphatic rings. The fraction of sp³-hybridized carbons (Fsp3) is 1.00. The summed E-state index contributed by atoms with van der Waals surface area (Å²) in [5.41, 5.74) is 0. The van der Waals surface area contributed by atoms with Crippen molar-refractivity contribution in [3.63, 3.8) is 0 Å². The summed E-state index contributed by atoms with van der Waals surface area (Å²) in [6, 6.07) is 1.82. The van der Waals surface area contributed by atoms with Crippen LogP contribution in [0.3, 0.4) is 0 Å². The van der Waals surface area contributed by atoms with Gasteiger partial charge in [0, 0.05) is 12.1 Å². The van der Waals surface area contributed by atoms with E-state index >= 15 is 0 Å². The molecule has 3 fully saturated rings. The molecule has 3 rings (SSSR count). The first-order chi connectivity index (χ1) is 8.83. The van der Waals surface area contributed by atoms with E-state index in [1.807, 2.05) is 0 Å². The van der Waals surface area contributed by atoms with Gasteiger partial charge in [0.2, 0.25) is 0 Å². The summed E-state index contributed by atoms with van der Waals surface area (Å²) in [6.07, 6.45) is 13.2. The van der Waals surface area contributed by atoms with Gasteiger partial charge >= 0.3 is 0 Å². The maximum Gasteiger partial charge on any atom is 0.00988 e. The van der Waals surface area contributed by atoms with Crippen molar-refractivity contribution in [1.29, 1.82) is 0 Å². The Balaban J connectivity index is 1.36. The summed E-state index contributed by atoms with van der Waals surface area (Å²) in [6.45, 7) is 2.58. The van der Waals surface area contributed by atoms with Gasteiger partial charge in [0.05, 0.1) is 0 Å². The van der Waals surface area contributed by atoms with Gasteiger partial charge in [-0.1, -0.05) is 19.3 Å². The minimum absolute atomic E-state index is 0.908. The van der Waals surface area contributed by atoms with Crippen molar-refractivity contribution < 1.29 is 0 Å². The molecule has 1 aliphatic carbocycles. The maximum atomic E-state index is 3.79. The molecule has 2 heterocycles. The van der Waals surface area contributed by atoms with Crippen LogP contribution in [0, 0.1) is 11.8 Å². The number of nitrogens with zero attached hydrogens (tertiary/aromatic N) is 1. The Morgan fingerprint density at radius 1 is 0.833 bits per heavy atom. The van der Waals surface area contributed by atoms with Gasteiger partial charge in [-0.25, -0.2) is 0 Å². The number of rotatable bonds is 4.